The Morgan fingerprint density at radius 1 is 1.30 bits per heavy atom. The highest BCUT2D eigenvalue weighted by Gasteiger charge is 2.16. The number of rotatable bonds is 4. The smallest absolute Gasteiger partial charge is 0.387 e. The highest BCUT2D eigenvalue weighted by atomic mass is 19.3. The first kappa shape index (κ1) is 14.8. The van der Waals surface area contributed by atoms with Crippen LogP contribution in [0.25, 0.3) is 5.65 Å². The van der Waals surface area contributed by atoms with E-state index in [1.165, 1.54) is 16.8 Å². The largest absolute Gasteiger partial charge is 0.432 e. The molecule has 0 atom stereocenters. The summed E-state index contributed by atoms with van der Waals surface area (Å²) in [6, 6.07) is 5.95. The van der Waals surface area contributed by atoms with Crippen molar-refractivity contribution in [2.24, 2.45) is 0 Å². The van der Waals surface area contributed by atoms with Crippen LogP contribution >= 0.6 is 0 Å². The van der Waals surface area contributed by atoms with Gasteiger partial charge in [-0.1, -0.05) is 0 Å². The van der Waals surface area contributed by atoms with Crippen molar-refractivity contribution in [1.82, 2.24) is 14.6 Å². The molecule has 9 heteroatoms. The number of ether oxygens (including phenoxy) is 1. The fourth-order valence-corrected chi connectivity index (χ4v) is 1.92. The molecule has 0 aliphatic heterocycles. The lowest BCUT2D eigenvalue weighted by molar-refractivity contribution is -0.0495. The Labute approximate surface area is 127 Å². The average Bonchev–Trinajstić information content (AvgIpc) is 2.93. The van der Waals surface area contributed by atoms with Crippen molar-refractivity contribution >= 4 is 17.2 Å². The predicted octanol–water partition coefficient (Wildman–Crippen LogP) is 2.72. The zero-order chi connectivity index (χ0) is 16.4. The van der Waals surface area contributed by atoms with Gasteiger partial charge in [0.2, 0.25) is 0 Å². The number of nitrogens with one attached hydrogen (secondary N) is 1. The molecule has 23 heavy (non-hydrogen) atoms. The van der Waals surface area contributed by atoms with Gasteiger partial charge in [-0.15, -0.1) is 0 Å². The molecule has 3 aromatic rings. The second-order valence-electron chi connectivity index (χ2n) is 4.43. The van der Waals surface area contributed by atoms with Crippen LogP contribution in [0.2, 0.25) is 0 Å². The molecule has 0 saturated carbocycles. The molecule has 3 rings (SSSR count). The molecule has 1 aromatic carbocycles. The van der Waals surface area contributed by atoms with Crippen molar-refractivity contribution in [3.63, 3.8) is 0 Å². The quantitative estimate of drug-likeness (QED) is 0.802. The molecule has 0 radical (unpaired) electrons. The second kappa shape index (κ2) is 5.95. The molecule has 0 bridgehead atoms. The normalized spacial score (nSPS) is 11.0. The number of halogens is 3. The molecule has 2 aromatic heterocycles. The standard InChI is InChI=1S/C14H9F3N4O2/c15-8-2-3-9(11(6-8)23-14(16)17)19-13(22)10-7-12-18-4-1-5-21(12)20-10/h1-7,14H,(H,19,22). The molecule has 1 amide bonds. The van der Waals surface area contributed by atoms with Crippen molar-refractivity contribution in [1.29, 1.82) is 0 Å². The van der Waals surface area contributed by atoms with Crippen LogP contribution in [0, 0.1) is 5.82 Å². The van der Waals surface area contributed by atoms with E-state index in [0.717, 1.165) is 18.2 Å². The third-order valence-electron chi connectivity index (χ3n) is 2.88. The number of alkyl halides is 2. The zero-order valence-electron chi connectivity index (χ0n) is 11.4. The fourth-order valence-electron chi connectivity index (χ4n) is 1.92. The lowest BCUT2D eigenvalue weighted by Crippen LogP contribution is -2.14. The van der Waals surface area contributed by atoms with Gasteiger partial charge in [0, 0.05) is 24.5 Å². The highest BCUT2D eigenvalue weighted by Crippen LogP contribution is 2.27. The molecule has 0 fully saturated rings. The van der Waals surface area contributed by atoms with Crippen LogP contribution in [0.15, 0.2) is 42.7 Å². The van der Waals surface area contributed by atoms with Gasteiger partial charge in [0.25, 0.3) is 5.91 Å². The van der Waals surface area contributed by atoms with Crippen LogP contribution in [0.3, 0.4) is 0 Å². The van der Waals surface area contributed by atoms with Gasteiger partial charge in [-0.25, -0.2) is 13.9 Å². The van der Waals surface area contributed by atoms with Gasteiger partial charge in [-0.3, -0.25) is 4.79 Å². The van der Waals surface area contributed by atoms with E-state index in [2.05, 4.69) is 20.1 Å². The summed E-state index contributed by atoms with van der Waals surface area (Å²) in [5.74, 6) is -1.91. The summed E-state index contributed by atoms with van der Waals surface area (Å²) >= 11 is 0. The van der Waals surface area contributed by atoms with Gasteiger partial charge in [0.05, 0.1) is 5.69 Å². The van der Waals surface area contributed by atoms with E-state index in [9.17, 15) is 18.0 Å². The molecule has 0 saturated heterocycles. The first-order valence-electron chi connectivity index (χ1n) is 6.39. The molecule has 0 aliphatic rings. The Balaban J connectivity index is 1.87. The van der Waals surface area contributed by atoms with Crippen molar-refractivity contribution in [2.45, 2.75) is 6.61 Å². The maximum Gasteiger partial charge on any atom is 0.387 e. The van der Waals surface area contributed by atoms with Crippen LogP contribution in [-0.4, -0.2) is 27.1 Å². The minimum atomic E-state index is -3.15. The molecule has 118 valence electrons. The summed E-state index contributed by atoms with van der Waals surface area (Å²) in [5, 5.41) is 6.35. The molecule has 2 heterocycles. The number of benzene rings is 1. The van der Waals surface area contributed by atoms with Gasteiger partial charge in [0.1, 0.15) is 5.82 Å². The van der Waals surface area contributed by atoms with E-state index >= 15 is 0 Å². The SMILES string of the molecule is O=C(Nc1ccc(F)cc1OC(F)F)c1cc2ncccn2n1. The van der Waals surface area contributed by atoms with Gasteiger partial charge in [-0.05, 0) is 18.2 Å². The summed E-state index contributed by atoms with van der Waals surface area (Å²) in [6.45, 7) is -3.15. The number of hydrogen-bond acceptors (Lipinski definition) is 4. The molecular formula is C14H9F3N4O2. The molecule has 1 N–H and O–H groups in total. The van der Waals surface area contributed by atoms with E-state index in [0.29, 0.717) is 5.65 Å². The summed E-state index contributed by atoms with van der Waals surface area (Å²) in [6.07, 6.45) is 3.13. The van der Waals surface area contributed by atoms with Crippen LogP contribution in [-0.2, 0) is 0 Å². The number of nitrogens with zero attached hydrogens (tertiary/aromatic N) is 3. The van der Waals surface area contributed by atoms with Crippen LogP contribution in [0.1, 0.15) is 10.5 Å². The Bertz CT molecular complexity index is 833. The lowest BCUT2D eigenvalue weighted by atomic mass is 10.2. The highest BCUT2D eigenvalue weighted by molar-refractivity contribution is 6.04. The Morgan fingerprint density at radius 3 is 2.87 bits per heavy atom. The van der Waals surface area contributed by atoms with Crippen LogP contribution in [0.5, 0.6) is 5.75 Å². The number of anilines is 1. The number of amides is 1. The minimum Gasteiger partial charge on any atom is -0.432 e. The number of carbonyl (C=O) groups is 1. The van der Waals surface area contributed by atoms with Crippen molar-refractivity contribution in [3.05, 3.63) is 54.2 Å². The van der Waals surface area contributed by atoms with Crippen molar-refractivity contribution in [2.75, 3.05) is 5.32 Å². The summed E-state index contributed by atoms with van der Waals surface area (Å²) in [7, 11) is 0. The number of hydrogen-bond donors (Lipinski definition) is 1. The van der Waals surface area contributed by atoms with Crippen LogP contribution < -0.4 is 10.1 Å². The Morgan fingerprint density at radius 2 is 2.13 bits per heavy atom. The number of aromatic nitrogens is 3. The average molecular weight is 322 g/mol. The van der Waals surface area contributed by atoms with Crippen molar-refractivity contribution < 1.29 is 22.7 Å². The summed E-state index contributed by atoms with van der Waals surface area (Å²) in [5.41, 5.74) is 0.374. The first-order chi connectivity index (χ1) is 11.0. The third kappa shape index (κ3) is 3.23. The van der Waals surface area contributed by atoms with Gasteiger partial charge >= 0.3 is 6.61 Å². The van der Waals surface area contributed by atoms with E-state index in [1.807, 2.05) is 0 Å². The molecular weight excluding hydrogens is 313 g/mol. The monoisotopic (exact) mass is 322 g/mol. The third-order valence-corrected chi connectivity index (χ3v) is 2.88. The van der Waals surface area contributed by atoms with Crippen molar-refractivity contribution in [3.8, 4) is 5.75 Å². The molecule has 0 aliphatic carbocycles. The Kier molecular flexibility index (Phi) is 3.83. The van der Waals surface area contributed by atoms with E-state index in [4.69, 9.17) is 0 Å². The summed E-state index contributed by atoms with van der Waals surface area (Å²) in [4.78, 5) is 16.2. The predicted molar refractivity (Wildman–Crippen MR) is 74.0 cm³/mol. The zero-order valence-corrected chi connectivity index (χ0v) is 11.4. The topological polar surface area (TPSA) is 68.5 Å². The molecule has 6 nitrogen and oxygen atoms in total. The second-order valence-corrected chi connectivity index (χ2v) is 4.43. The van der Waals surface area contributed by atoms with E-state index < -0.39 is 24.1 Å². The van der Waals surface area contributed by atoms with Gasteiger partial charge in [0.15, 0.2) is 17.1 Å². The maximum absolute atomic E-state index is 13.1. The lowest BCUT2D eigenvalue weighted by Gasteiger charge is -2.11. The number of fused-ring (bicyclic) bond motifs is 1. The van der Waals surface area contributed by atoms with E-state index in [1.54, 1.807) is 12.3 Å². The maximum atomic E-state index is 13.1. The van der Waals surface area contributed by atoms with Gasteiger partial charge in [-0.2, -0.15) is 13.9 Å². The summed E-state index contributed by atoms with van der Waals surface area (Å²) < 4.78 is 43.4. The number of carbonyl (C=O) groups excluding carboxylic acids is 1. The first-order valence-corrected chi connectivity index (χ1v) is 6.39. The molecule has 0 unspecified atom stereocenters. The van der Waals surface area contributed by atoms with Gasteiger partial charge < -0.3 is 10.1 Å². The molecule has 0 spiro atoms. The Hall–Kier alpha value is -3.10. The fraction of sp³-hybridized carbons (Fsp3) is 0.0714. The van der Waals surface area contributed by atoms with E-state index in [-0.39, 0.29) is 11.4 Å². The van der Waals surface area contributed by atoms with Crippen LogP contribution in [0.4, 0.5) is 18.9 Å². The minimum absolute atomic E-state index is 0.0241.